The molecular weight excluding hydrogens is 468 g/mol. The SMILES string of the molecule is CC[C@H](NC(=O)N(CCS(=O)(=O)Cc1c(C)noc1C)C(=O)O)C(=O)c1nc2ccccc2o1. The van der Waals surface area contributed by atoms with Gasteiger partial charge in [0.25, 0.3) is 5.89 Å². The summed E-state index contributed by atoms with van der Waals surface area (Å²) in [6.07, 6.45) is -1.53. The molecule has 2 N–H and O–H groups in total. The number of sulfone groups is 1. The number of aromatic nitrogens is 2. The molecule has 0 spiro atoms. The maximum Gasteiger partial charge on any atom is 0.415 e. The van der Waals surface area contributed by atoms with Crippen molar-refractivity contribution < 1.29 is 36.8 Å². The molecule has 0 aliphatic rings. The monoisotopic (exact) mass is 492 g/mol. The van der Waals surface area contributed by atoms with Crippen molar-refractivity contribution in [2.45, 2.75) is 39.0 Å². The number of para-hydroxylation sites is 2. The number of benzene rings is 1. The number of nitrogens with one attached hydrogen (secondary N) is 1. The van der Waals surface area contributed by atoms with Crippen molar-refractivity contribution in [2.75, 3.05) is 12.3 Å². The molecular formula is C21H24N4O8S. The summed E-state index contributed by atoms with van der Waals surface area (Å²) < 4.78 is 35.4. The van der Waals surface area contributed by atoms with Gasteiger partial charge in [0, 0.05) is 12.1 Å². The fraction of sp³-hybridized carbons (Fsp3) is 0.381. The number of Topliss-reactive ketones (excluding diaryl/α,β-unsaturated/α-hetero) is 1. The summed E-state index contributed by atoms with van der Waals surface area (Å²) in [5.41, 5.74) is 1.66. The van der Waals surface area contributed by atoms with E-state index in [0.29, 0.717) is 33.0 Å². The Balaban J connectivity index is 1.68. The first-order valence-corrected chi connectivity index (χ1v) is 12.2. The van der Waals surface area contributed by atoms with E-state index in [0.717, 1.165) is 0 Å². The van der Waals surface area contributed by atoms with Crippen molar-refractivity contribution in [1.29, 1.82) is 0 Å². The van der Waals surface area contributed by atoms with Gasteiger partial charge in [0.15, 0.2) is 15.4 Å². The van der Waals surface area contributed by atoms with Gasteiger partial charge >= 0.3 is 12.1 Å². The number of rotatable bonds is 9. The molecule has 0 saturated carbocycles. The van der Waals surface area contributed by atoms with Crippen LogP contribution >= 0.6 is 0 Å². The number of ketones is 1. The molecule has 3 aromatic rings. The number of imide groups is 1. The van der Waals surface area contributed by atoms with Crippen molar-refractivity contribution in [3.63, 3.8) is 0 Å². The largest absolute Gasteiger partial charge is 0.465 e. The van der Waals surface area contributed by atoms with Gasteiger partial charge in [-0.25, -0.2) is 27.9 Å². The minimum absolute atomic E-state index is 0.126. The zero-order chi connectivity index (χ0) is 25.0. The summed E-state index contributed by atoms with van der Waals surface area (Å²) in [6.45, 7) is 4.16. The van der Waals surface area contributed by atoms with Gasteiger partial charge in [-0.2, -0.15) is 0 Å². The Morgan fingerprint density at radius 1 is 1.21 bits per heavy atom. The van der Waals surface area contributed by atoms with Crippen molar-refractivity contribution in [3.05, 3.63) is 47.2 Å². The number of urea groups is 1. The summed E-state index contributed by atoms with van der Waals surface area (Å²) in [6, 6.07) is 4.48. The maximum absolute atomic E-state index is 12.8. The summed E-state index contributed by atoms with van der Waals surface area (Å²) in [4.78, 5) is 41.4. The number of fused-ring (bicyclic) bond motifs is 1. The molecule has 0 saturated heterocycles. The fourth-order valence-electron chi connectivity index (χ4n) is 3.22. The molecule has 182 valence electrons. The molecule has 0 aliphatic carbocycles. The zero-order valence-corrected chi connectivity index (χ0v) is 19.6. The molecule has 1 atom stereocenters. The van der Waals surface area contributed by atoms with Crippen molar-refractivity contribution >= 4 is 38.8 Å². The Morgan fingerprint density at radius 2 is 1.91 bits per heavy atom. The van der Waals surface area contributed by atoms with Crippen molar-refractivity contribution in [2.24, 2.45) is 0 Å². The van der Waals surface area contributed by atoms with E-state index in [-0.39, 0.29) is 12.3 Å². The fourth-order valence-corrected chi connectivity index (χ4v) is 4.68. The second-order valence-corrected chi connectivity index (χ2v) is 9.77. The van der Waals surface area contributed by atoms with Gasteiger partial charge in [-0.05, 0) is 32.4 Å². The molecule has 0 fully saturated rings. The van der Waals surface area contributed by atoms with Crippen LogP contribution in [0.1, 0.15) is 41.0 Å². The average Bonchev–Trinajstić information content (AvgIpc) is 3.35. The summed E-state index contributed by atoms with van der Waals surface area (Å²) in [7, 11) is -3.80. The highest BCUT2D eigenvalue weighted by atomic mass is 32.2. The van der Waals surface area contributed by atoms with Crippen LogP contribution in [0.15, 0.2) is 33.2 Å². The number of hydrogen-bond donors (Lipinski definition) is 2. The normalized spacial score (nSPS) is 12.4. The Kier molecular flexibility index (Phi) is 7.35. The Labute approximate surface area is 194 Å². The van der Waals surface area contributed by atoms with Gasteiger partial charge < -0.3 is 19.4 Å². The van der Waals surface area contributed by atoms with E-state index in [4.69, 9.17) is 8.94 Å². The number of carboxylic acid groups (broad SMARTS) is 1. The molecule has 0 radical (unpaired) electrons. The molecule has 1 aromatic carbocycles. The van der Waals surface area contributed by atoms with Gasteiger partial charge in [-0.15, -0.1) is 0 Å². The first kappa shape index (κ1) is 24.9. The number of hydrogen-bond acceptors (Lipinski definition) is 9. The highest BCUT2D eigenvalue weighted by molar-refractivity contribution is 7.90. The summed E-state index contributed by atoms with van der Waals surface area (Å²) in [5.74, 6) is -1.54. The van der Waals surface area contributed by atoms with Crippen LogP contribution in [0.5, 0.6) is 0 Å². The topological polar surface area (TPSA) is 173 Å². The molecule has 2 aromatic heterocycles. The van der Waals surface area contributed by atoms with E-state index in [9.17, 15) is 27.9 Å². The molecule has 3 rings (SSSR count). The number of oxazole rings is 1. The smallest absolute Gasteiger partial charge is 0.415 e. The van der Waals surface area contributed by atoms with Crippen molar-refractivity contribution in [3.8, 4) is 0 Å². The van der Waals surface area contributed by atoms with E-state index in [1.807, 2.05) is 0 Å². The predicted molar refractivity (Wildman–Crippen MR) is 119 cm³/mol. The highest BCUT2D eigenvalue weighted by Crippen LogP contribution is 2.18. The van der Waals surface area contributed by atoms with Crippen LogP contribution in [0, 0.1) is 13.8 Å². The second kappa shape index (κ2) is 10.0. The van der Waals surface area contributed by atoms with Crippen LogP contribution in [0.4, 0.5) is 9.59 Å². The Hall–Kier alpha value is -3.74. The standard InChI is InChI=1S/C21H24N4O8S/c1-4-15(18(26)19-22-16-7-5-6-8-17(16)32-19)23-20(27)25(21(28)29)9-10-34(30,31)11-14-12(2)24-33-13(14)3/h5-8,15H,4,9-11H2,1-3H3,(H,23,27)(H,28,29)/t15-/m0/s1. The lowest BCUT2D eigenvalue weighted by atomic mass is 10.1. The summed E-state index contributed by atoms with van der Waals surface area (Å²) in [5, 5.41) is 15.5. The number of amides is 3. The molecule has 0 unspecified atom stereocenters. The first-order valence-electron chi connectivity index (χ1n) is 10.3. The third kappa shape index (κ3) is 5.60. The quantitative estimate of drug-likeness (QED) is 0.423. The lowest BCUT2D eigenvalue weighted by Gasteiger charge is -2.21. The van der Waals surface area contributed by atoms with Gasteiger partial charge in [0.1, 0.15) is 11.3 Å². The number of carbonyl (C=O) groups is 3. The molecule has 2 heterocycles. The predicted octanol–water partition coefficient (Wildman–Crippen LogP) is 2.70. The van der Waals surface area contributed by atoms with Crippen LogP contribution < -0.4 is 5.32 Å². The van der Waals surface area contributed by atoms with Crippen LogP contribution in [0.25, 0.3) is 11.1 Å². The minimum atomic E-state index is -3.80. The average molecular weight is 493 g/mol. The van der Waals surface area contributed by atoms with Crippen molar-refractivity contribution in [1.82, 2.24) is 20.4 Å². The van der Waals surface area contributed by atoms with E-state index in [1.54, 1.807) is 45.0 Å². The molecule has 3 amide bonds. The second-order valence-electron chi connectivity index (χ2n) is 7.59. The maximum atomic E-state index is 12.8. The third-order valence-electron chi connectivity index (χ3n) is 5.17. The number of aryl methyl sites for hydroxylation is 2. The zero-order valence-electron chi connectivity index (χ0n) is 18.8. The molecule has 0 aliphatic heterocycles. The molecule has 0 bridgehead atoms. The first-order chi connectivity index (χ1) is 16.0. The van der Waals surface area contributed by atoms with E-state index in [1.165, 1.54) is 0 Å². The minimum Gasteiger partial charge on any atom is -0.465 e. The molecule has 12 nitrogen and oxygen atoms in total. The van der Waals surface area contributed by atoms with E-state index >= 15 is 0 Å². The van der Waals surface area contributed by atoms with Crippen LogP contribution in [-0.2, 0) is 15.6 Å². The van der Waals surface area contributed by atoms with E-state index < -0.39 is 51.8 Å². The van der Waals surface area contributed by atoms with Gasteiger partial charge in [-0.3, -0.25) is 4.79 Å². The third-order valence-corrected chi connectivity index (χ3v) is 6.71. The van der Waals surface area contributed by atoms with Crippen LogP contribution in [0.3, 0.4) is 0 Å². The number of nitrogens with zero attached hydrogens (tertiary/aromatic N) is 3. The van der Waals surface area contributed by atoms with E-state index in [2.05, 4.69) is 15.5 Å². The highest BCUT2D eigenvalue weighted by Gasteiger charge is 2.30. The van der Waals surface area contributed by atoms with Crippen LogP contribution in [0.2, 0.25) is 0 Å². The Morgan fingerprint density at radius 3 is 2.50 bits per heavy atom. The molecule has 34 heavy (non-hydrogen) atoms. The van der Waals surface area contributed by atoms with Crippen LogP contribution in [-0.4, -0.2) is 64.8 Å². The lowest BCUT2D eigenvalue weighted by Crippen LogP contribution is -2.50. The van der Waals surface area contributed by atoms with Gasteiger partial charge in [0.05, 0.1) is 23.2 Å². The van der Waals surface area contributed by atoms with Gasteiger partial charge in [0.2, 0.25) is 5.78 Å². The molecule has 13 heteroatoms. The van der Waals surface area contributed by atoms with Gasteiger partial charge in [-0.1, -0.05) is 24.2 Å². The summed E-state index contributed by atoms with van der Waals surface area (Å²) >= 11 is 0. The lowest BCUT2D eigenvalue weighted by molar-refractivity contribution is 0.0903. The number of carbonyl (C=O) groups excluding carboxylic acids is 2. The Bertz CT molecular complexity index is 1270.